The van der Waals surface area contributed by atoms with Crippen molar-refractivity contribution in [1.29, 1.82) is 0 Å². The van der Waals surface area contributed by atoms with Crippen LogP contribution in [0.1, 0.15) is 21.7 Å². The molecule has 0 bridgehead atoms. The number of hydrogen-bond acceptors (Lipinski definition) is 5. The SMILES string of the molecule is COc1cc2ccccc2cc1C(=O)N(Cc1ccco1)c1nc2c(C)cc(Cl)cc2s1. The number of fused-ring (bicyclic) bond motifs is 2. The van der Waals surface area contributed by atoms with Gasteiger partial charge in [0.2, 0.25) is 0 Å². The number of ether oxygens (including phenoxy) is 1. The summed E-state index contributed by atoms with van der Waals surface area (Å²) in [7, 11) is 1.57. The van der Waals surface area contributed by atoms with Gasteiger partial charge in [-0.05, 0) is 59.7 Å². The minimum Gasteiger partial charge on any atom is -0.496 e. The van der Waals surface area contributed by atoms with Crippen LogP contribution in [0.5, 0.6) is 5.75 Å². The first-order chi connectivity index (χ1) is 15.5. The molecule has 7 heteroatoms. The third kappa shape index (κ3) is 3.72. The molecule has 5 rings (SSSR count). The van der Waals surface area contributed by atoms with Gasteiger partial charge in [-0.3, -0.25) is 9.69 Å². The maximum Gasteiger partial charge on any atom is 0.264 e. The largest absolute Gasteiger partial charge is 0.496 e. The Bertz CT molecular complexity index is 1440. The molecule has 1 amide bonds. The minimum absolute atomic E-state index is 0.216. The Morgan fingerprint density at radius 3 is 2.62 bits per heavy atom. The summed E-state index contributed by atoms with van der Waals surface area (Å²) in [5.41, 5.74) is 2.26. The van der Waals surface area contributed by atoms with Crippen molar-refractivity contribution in [3.8, 4) is 5.75 Å². The summed E-state index contributed by atoms with van der Waals surface area (Å²) in [6.07, 6.45) is 1.59. The number of rotatable bonds is 5. The van der Waals surface area contributed by atoms with E-state index in [1.54, 1.807) is 24.3 Å². The molecule has 0 atom stereocenters. The predicted octanol–water partition coefficient (Wildman–Crippen LogP) is 6.86. The molecule has 0 N–H and O–H groups in total. The highest BCUT2D eigenvalue weighted by Crippen LogP contribution is 2.36. The molecule has 0 spiro atoms. The van der Waals surface area contributed by atoms with Gasteiger partial charge < -0.3 is 9.15 Å². The molecule has 0 aliphatic carbocycles. The molecule has 2 heterocycles. The first-order valence-corrected chi connectivity index (χ1v) is 11.2. The van der Waals surface area contributed by atoms with Crippen LogP contribution in [-0.2, 0) is 6.54 Å². The Labute approximate surface area is 193 Å². The highest BCUT2D eigenvalue weighted by atomic mass is 35.5. The van der Waals surface area contributed by atoms with Crippen LogP contribution in [0.2, 0.25) is 5.02 Å². The lowest BCUT2D eigenvalue weighted by atomic mass is 10.0. The molecule has 0 saturated carbocycles. The quantitative estimate of drug-likeness (QED) is 0.286. The van der Waals surface area contributed by atoms with Crippen molar-refractivity contribution >= 4 is 55.0 Å². The smallest absolute Gasteiger partial charge is 0.264 e. The van der Waals surface area contributed by atoms with Crippen LogP contribution < -0.4 is 9.64 Å². The van der Waals surface area contributed by atoms with Crippen LogP contribution in [0.25, 0.3) is 21.0 Å². The van der Waals surface area contributed by atoms with Crippen molar-refractivity contribution in [2.45, 2.75) is 13.5 Å². The third-order valence-electron chi connectivity index (χ3n) is 5.31. The van der Waals surface area contributed by atoms with E-state index >= 15 is 0 Å². The first kappa shape index (κ1) is 20.5. The van der Waals surface area contributed by atoms with E-state index in [9.17, 15) is 4.79 Å². The molecule has 0 radical (unpaired) electrons. The zero-order valence-corrected chi connectivity index (χ0v) is 19.0. The molecule has 0 fully saturated rings. The van der Waals surface area contributed by atoms with Gasteiger partial charge >= 0.3 is 0 Å². The molecule has 0 saturated heterocycles. The van der Waals surface area contributed by atoms with Crippen molar-refractivity contribution in [3.05, 3.63) is 88.8 Å². The molecule has 0 aliphatic heterocycles. The number of amides is 1. The van der Waals surface area contributed by atoms with Crippen LogP contribution in [-0.4, -0.2) is 18.0 Å². The molecule has 3 aromatic carbocycles. The Morgan fingerprint density at radius 2 is 1.91 bits per heavy atom. The normalized spacial score (nSPS) is 11.2. The van der Waals surface area contributed by atoms with E-state index in [4.69, 9.17) is 25.7 Å². The van der Waals surface area contributed by atoms with E-state index in [-0.39, 0.29) is 12.5 Å². The standard InChI is InChI=1S/C25H19ClN2O3S/c1-15-10-18(26)13-22-23(15)27-25(32-22)28(14-19-8-5-9-31-19)24(29)20-11-16-6-3-4-7-17(16)12-21(20)30-2/h3-13H,14H2,1-2H3. The fraction of sp³-hybridized carbons (Fsp3) is 0.120. The van der Waals surface area contributed by atoms with Crippen molar-refractivity contribution in [1.82, 2.24) is 4.98 Å². The number of furan rings is 1. The van der Waals surface area contributed by atoms with Gasteiger partial charge in [0, 0.05) is 5.02 Å². The fourth-order valence-corrected chi connectivity index (χ4v) is 5.16. The van der Waals surface area contributed by atoms with Crippen LogP contribution >= 0.6 is 22.9 Å². The van der Waals surface area contributed by atoms with Crippen molar-refractivity contribution in [2.24, 2.45) is 0 Å². The monoisotopic (exact) mass is 462 g/mol. The molecule has 5 nitrogen and oxygen atoms in total. The Balaban J connectivity index is 1.65. The summed E-state index contributed by atoms with van der Waals surface area (Å²) in [6, 6.07) is 19.0. The van der Waals surface area contributed by atoms with Crippen LogP contribution in [0, 0.1) is 6.92 Å². The average Bonchev–Trinajstić information content (AvgIpc) is 3.46. The van der Waals surface area contributed by atoms with Gasteiger partial charge in [-0.15, -0.1) is 0 Å². The lowest BCUT2D eigenvalue weighted by Gasteiger charge is -2.20. The molecule has 0 unspecified atom stereocenters. The van der Waals surface area contributed by atoms with Crippen LogP contribution in [0.4, 0.5) is 5.13 Å². The molecule has 32 heavy (non-hydrogen) atoms. The summed E-state index contributed by atoms with van der Waals surface area (Å²) in [4.78, 5) is 20.3. The van der Waals surface area contributed by atoms with E-state index < -0.39 is 0 Å². The van der Waals surface area contributed by atoms with Crippen molar-refractivity contribution < 1.29 is 13.9 Å². The molecule has 5 aromatic rings. The van der Waals surface area contributed by atoms with E-state index in [2.05, 4.69) is 0 Å². The molecule has 2 aromatic heterocycles. The maximum atomic E-state index is 13.9. The van der Waals surface area contributed by atoms with Crippen LogP contribution in [0.15, 0.2) is 71.3 Å². The highest BCUT2D eigenvalue weighted by molar-refractivity contribution is 7.22. The fourth-order valence-electron chi connectivity index (χ4n) is 3.74. The summed E-state index contributed by atoms with van der Waals surface area (Å²) < 4.78 is 12.1. The second-order valence-electron chi connectivity index (χ2n) is 7.44. The number of halogens is 1. The summed E-state index contributed by atoms with van der Waals surface area (Å²) >= 11 is 7.67. The molecule has 0 aliphatic rings. The number of carbonyl (C=O) groups excluding carboxylic acids is 1. The third-order valence-corrected chi connectivity index (χ3v) is 6.55. The van der Waals surface area contributed by atoms with Gasteiger partial charge in [0.15, 0.2) is 5.13 Å². The number of thiazole rings is 1. The summed E-state index contributed by atoms with van der Waals surface area (Å²) in [5.74, 6) is 0.956. The summed E-state index contributed by atoms with van der Waals surface area (Å²) in [5, 5.41) is 3.18. The number of benzene rings is 3. The molecular formula is C25H19ClN2O3S. The lowest BCUT2D eigenvalue weighted by Crippen LogP contribution is -2.30. The Hall–Kier alpha value is -3.35. The van der Waals surface area contributed by atoms with Gasteiger partial charge in [0.1, 0.15) is 11.5 Å². The Kier molecular flexibility index (Phi) is 5.33. The number of aromatic nitrogens is 1. The maximum absolute atomic E-state index is 13.9. The summed E-state index contributed by atoms with van der Waals surface area (Å²) in [6.45, 7) is 2.21. The number of nitrogens with zero attached hydrogens (tertiary/aromatic N) is 2. The van der Waals surface area contributed by atoms with Gasteiger partial charge in [0.05, 0.1) is 35.7 Å². The van der Waals surface area contributed by atoms with Gasteiger partial charge in [-0.2, -0.15) is 0 Å². The minimum atomic E-state index is -0.216. The average molecular weight is 463 g/mol. The van der Waals surface area contributed by atoms with E-state index in [0.29, 0.717) is 27.2 Å². The number of anilines is 1. The van der Waals surface area contributed by atoms with Crippen molar-refractivity contribution in [3.63, 3.8) is 0 Å². The number of methoxy groups -OCH3 is 1. The van der Waals surface area contributed by atoms with Gasteiger partial charge in [0.25, 0.3) is 5.91 Å². The van der Waals surface area contributed by atoms with E-state index in [1.807, 2.05) is 61.5 Å². The topological polar surface area (TPSA) is 55.6 Å². The zero-order chi connectivity index (χ0) is 22.2. The second-order valence-corrected chi connectivity index (χ2v) is 8.88. The number of carbonyl (C=O) groups is 1. The number of hydrogen-bond donors (Lipinski definition) is 0. The highest BCUT2D eigenvalue weighted by Gasteiger charge is 2.26. The van der Waals surface area contributed by atoms with E-state index in [0.717, 1.165) is 26.6 Å². The molecular weight excluding hydrogens is 444 g/mol. The van der Waals surface area contributed by atoms with Crippen LogP contribution in [0.3, 0.4) is 0 Å². The second kappa shape index (κ2) is 8.30. The first-order valence-electron chi connectivity index (χ1n) is 10.0. The van der Waals surface area contributed by atoms with Gasteiger partial charge in [-0.1, -0.05) is 47.2 Å². The zero-order valence-electron chi connectivity index (χ0n) is 17.5. The number of aryl methyl sites for hydroxylation is 1. The Morgan fingerprint density at radius 1 is 1.12 bits per heavy atom. The van der Waals surface area contributed by atoms with Crippen molar-refractivity contribution in [2.75, 3.05) is 12.0 Å². The molecule has 160 valence electrons. The van der Waals surface area contributed by atoms with Gasteiger partial charge in [-0.25, -0.2) is 4.98 Å². The predicted molar refractivity (Wildman–Crippen MR) is 129 cm³/mol. The van der Waals surface area contributed by atoms with E-state index in [1.165, 1.54) is 11.3 Å². The lowest BCUT2D eigenvalue weighted by molar-refractivity contribution is 0.0980.